The maximum Gasteiger partial charge on any atom is 0.312 e. The minimum absolute atomic E-state index is 0.0497. The van der Waals surface area contributed by atoms with Crippen molar-refractivity contribution in [3.8, 4) is 16.9 Å². The molecule has 1 heterocycles. The minimum atomic E-state index is -3.74. The van der Waals surface area contributed by atoms with Crippen LogP contribution in [-0.2, 0) is 9.84 Å². The normalized spacial score (nSPS) is 11.7. The van der Waals surface area contributed by atoms with Gasteiger partial charge in [0.2, 0.25) is 0 Å². The second-order valence-corrected chi connectivity index (χ2v) is 8.07. The van der Waals surface area contributed by atoms with Gasteiger partial charge in [-0.05, 0) is 24.3 Å². The van der Waals surface area contributed by atoms with Crippen molar-refractivity contribution < 1.29 is 21.6 Å². The number of rotatable bonds is 3. The zero-order valence-electron chi connectivity index (χ0n) is 12.7. The summed E-state index contributed by atoms with van der Waals surface area (Å²) in [6.45, 7) is 0. The monoisotopic (exact) mass is 385 g/mol. The number of thiazole rings is 1. The molecule has 0 aliphatic heterocycles. The van der Waals surface area contributed by atoms with Crippen LogP contribution in [0, 0.1) is 17.5 Å². The first-order valence-corrected chi connectivity index (χ1v) is 9.61. The molecule has 0 unspecified atom stereocenters. The van der Waals surface area contributed by atoms with Crippen LogP contribution in [0.5, 0.6) is 0 Å². The van der Waals surface area contributed by atoms with Crippen molar-refractivity contribution in [3.05, 3.63) is 68.9 Å². The van der Waals surface area contributed by atoms with Crippen molar-refractivity contribution in [1.82, 2.24) is 4.57 Å². The minimum Gasteiger partial charge on any atom is -0.267 e. The molecular weight excluding hydrogens is 375 g/mol. The summed E-state index contributed by atoms with van der Waals surface area (Å²) in [5.41, 5.74) is 0.346. The Hall–Kier alpha value is -2.39. The van der Waals surface area contributed by atoms with Crippen LogP contribution >= 0.6 is 11.3 Å². The standard InChI is InChI=1S/C16H10F3NO3S2/c1-25(22,23)15-3-2-9(4-13(15)19)14-8-24-16(21)20(14)12-6-10(17)5-11(18)7-12/h2-8H,1H3. The summed E-state index contributed by atoms with van der Waals surface area (Å²) in [5, 5.41) is 1.40. The lowest BCUT2D eigenvalue weighted by molar-refractivity contribution is 0.570. The van der Waals surface area contributed by atoms with E-state index in [4.69, 9.17) is 0 Å². The zero-order chi connectivity index (χ0) is 18.4. The van der Waals surface area contributed by atoms with Gasteiger partial charge in [-0.1, -0.05) is 17.4 Å². The lowest BCUT2D eigenvalue weighted by Gasteiger charge is -2.09. The molecule has 130 valence electrons. The van der Waals surface area contributed by atoms with E-state index in [2.05, 4.69) is 0 Å². The van der Waals surface area contributed by atoms with E-state index in [-0.39, 0.29) is 16.9 Å². The van der Waals surface area contributed by atoms with Crippen molar-refractivity contribution in [1.29, 1.82) is 0 Å². The van der Waals surface area contributed by atoms with E-state index in [1.807, 2.05) is 0 Å². The van der Waals surface area contributed by atoms with Crippen LogP contribution in [0.4, 0.5) is 13.2 Å². The third kappa shape index (κ3) is 3.38. The Labute approximate surface area is 144 Å². The topological polar surface area (TPSA) is 56.1 Å². The number of sulfone groups is 1. The summed E-state index contributed by atoms with van der Waals surface area (Å²) < 4.78 is 65.0. The van der Waals surface area contributed by atoms with Crippen LogP contribution in [-0.4, -0.2) is 19.2 Å². The highest BCUT2D eigenvalue weighted by molar-refractivity contribution is 7.90. The predicted molar refractivity (Wildman–Crippen MR) is 88.3 cm³/mol. The SMILES string of the molecule is CS(=O)(=O)c1ccc(-c2csc(=O)n2-c2cc(F)cc(F)c2)cc1F. The molecule has 0 saturated heterocycles. The van der Waals surface area contributed by atoms with Gasteiger partial charge in [0.15, 0.2) is 9.84 Å². The highest BCUT2D eigenvalue weighted by atomic mass is 32.2. The fourth-order valence-electron chi connectivity index (χ4n) is 2.38. The van der Waals surface area contributed by atoms with E-state index in [9.17, 15) is 26.4 Å². The van der Waals surface area contributed by atoms with E-state index in [1.54, 1.807) is 0 Å². The third-order valence-corrected chi connectivity index (χ3v) is 5.28. The molecule has 0 fully saturated rings. The molecule has 0 bridgehead atoms. The zero-order valence-corrected chi connectivity index (χ0v) is 14.3. The van der Waals surface area contributed by atoms with Crippen molar-refractivity contribution in [2.45, 2.75) is 4.90 Å². The average Bonchev–Trinajstić information content (AvgIpc) is 2.86. The number of benzene rings is 2. The van der Waals surface area contributed by atoms with Gasteiger partial charge in [-0.3, -0.25) is 9.36 Å². The summed E-state index contributed by atoms with van der Waals surface area (Å²) in [4.78, 5) is 11.1. The van der Waals surface area contributed by atoms with Crippen LogP contribution in [0.2, 0.25) is 0 Å². The number of hydrogen-bond donors (Lipinski definition) is 0. The number of nitrogens with zero attached hydrogens (tertiary/aromatic N) is 1. The predicted octanol–water partition coefficient (Wildman–Crippen LogP) is 3.39. The van der Waals surface area contributed by atoms with Gasteiger partial charge in [0, 0.05) is 23.3 Å². The molecule has 0 atom stereocenters. The number of hydrogen-bond acceptors (Lipinski definition) is 4. The first-order valence-electron chi connectivity index (χ1n) is 6.84. The smallest absolute Gasteiger partial charge is 0.267 e. The largest absolute Gasteiger partial charge is 0.312 e. The van der Waals surface area contributed by atoms with Gasteiger partial charge in [0.25, 0.3) is 0 Å². The quantitative estimate of drug-likeness (QED) is 0.695. The molecule has 0 N–H and O–H groups in total. The lowest BCUT2D eigenvalue weighted by atomic mass is 10.1. The van der Waals surface area contributed by atoms with E-state index in [0.29, 0.717) is 6.07 Å². The van der Waals surface area contributed by atoms with Crippen molar-refractivity contribution in [2.75, 3.05) is 6.26 Å². The Morgan fingerprint density at radius 1 is 1.00 bits per heavy atom. The average molecular weight is 385 g/mol. The van der Waals surface area contributed by atoms with Gasteiger partial charge in [-0.15, -0.1) is 0 Å². The Morgan fingerprint density at radius 3 is 2.20 bits per heavy atom. The maximum absolute atomic E-state index is 14.1. The van der Waals surface area contributed by atoms with Gasteiger partial charge >= 0.3 is 4.87 Å². The molecule has 0 aliphatic carbocycles. The van der Waals surface area contributed by atoms with Crippen molar-refractivity contribution in [3.63, 3.8) is 0 Å². The molecule has 4 nitrogen and oxygen atoms in total. The summed E-state index contributed by atoms with van der Waals surface area (Å²) in [6, 6.07) is 5.99. The molecule has 3 rings (SSSR count). The van der Waals surface area contributed by atoms with E-state index < -0.39 is 37.1 Å². The van der Waals surface area contributed by atoms with E-state index >= 15 is 0 Å². The molecule has 0 radical (unpaired) electrons. The van der Waals surface area contributed by atoms with Crippen LogP contribution in [0.25, 0.3) is 16.9 Å². The van der Waals surface area contributed by atoms with Crippen molar-refractivity contribution >= 4 is 21.2 Å². The van der Waals surface area contributed by atoms with Gasteiger partial charge in [-0.2, -0.15) is 0 Å². The first-order chi connectivity index (χ1) is 11.7. The van der Waals surface area contributed by atoms with Crippen molar-refractivity contribution in [2.24, 2.45) is 0 Å². The van der Waals surface area contributed by atoms with Crippen LogP contribution < -0.4 is 4.87 Å². The van der Waals surface area contributed by atoms with Crippen LogP contribution in [0.15, 0.2) is 51.5 Å². The third-order valence-electron chi connectivity index (χ3n) is 3.43. The molecule has 25 heavy (non-hydrogen) atoms. The second-order valence-electron chi connectivity index (χ2n) is 5.27. The fourth-order valence-corrected chi connectivity index (χ4v) is 3.87. The summed E-state index contributed by atoms with van der Waals surface area (Å²) in [7, 11) is -3.74. The Morgan fingerprint density at radius 2 is 1.64 bits per heavy atom. The fraction of sp³-hybridized carbons (Fsp3) is 0.0625. The molecule has 0 saturated carbocycles. The summed E-state index contributed by atoms with van der Waals surface area (Å²) >= 11 is 0.770. The Bertz CT molecular complexity index is 1110. The molecule has 0 spiro atoms. The molecule has 9 heteroatoms. The molecular formula is C16H10F3NO3S2. The maximum atomic E-state index is 14.1. The van der Waals surface area contributed by atoms with Gasteiger partial charge in [0.05, 0.1) is 11.4 Å². The van der Waals surface area contributed by atoms with Gasteiger partial charge in [-0.25, -0.2) is 21.6 Å². The van der Waals surface area contributed by atoms with E-state index in [0.717, 1.165) is 46.4 Å². The van der Waals surface area contributed by atoms with E-state index in [1.165, 1.54) is 11.4 Å². The van der Waals surface area contributed by atoms with Crippen LogP contribution in [0.3, 0.4) is 0 Å². The molecule has 0 amide bonds. The van der Waals surface area contributed by atoms with Gasteiger partial charge < -0.3 is 0 Å². The summed E-state index contributed by atoms with van der Waals surface area (Å²) in [6.07, 6.45) is 0.876. The molecule has 1 aromatic heterocycles. The molecule has 3 aromatic rings. The summed E-state index contributed by atoms with van der Waals surface area (Å²) in [5.74, 6) is -2.70. The molecule has 2 aromatic carbocycles. The van der Waals surface area contributed by atoms with Gasteiger partial charge in [0.1, 0.15) is 22.3 Å². The molecule has 0 aliphatic rings. The Balaban J connectivity index is 2.21. The highest BCUT2D eigenvalue weighted by Crippen LogP contribution is 2.27. The number of halogens is 3. The first kappa shape index (κ1) is 17.4. The lowest BCUT2D eigenvalue weighted by Crippen LogP contribution is -2.12. The van der Waals surface area contributed by atoms with Crippen LogP contribution in [0.1, 0.15) is 0 Å². The highest BCUT2D eigenvalue weighted by Gasteiger charge is 2.17. The second kappa shape index (κ2) is 6.16. The Kier molecular flexibility index (Phi) is 4.29. The number of aromatic nitrogens is 1.